The van der Waals surface area contributed by atoms with E-state index in [0.29, 0.717) is 24.0 Å². The molecule has 2 aromatic heterocycles. The predicted octanol–water partition coefficient (Wildman–Crippen LogP) is 3.99. The molecule has 7 nitrogen and oxygen atoms in total. The van der Waals surface area contributed by atoms with Crippen molar-refractivity contribution in [3.63, 3.8) is 0 Å². The number of thioether (sulfide) groups is 1. The second-order valence-electron chi connectivity index (χ2n) is 7.59. The molecule has 0 radical (unpaired) electrons. The summed E-state index contributed by atoms with van der Waals surface area (Å²) in [5.41, 5.74) is 3.49. The number of amides is 1. The van der Waals surface area contributed by atoms with Gasteiger partial charge in [0.2, 0.25) is 5.91 Å². The highest BCUT2D eigenvalue weighted by Crippen LogP contribution is 2.38. The highest BCUT2D eigenvalue weighted by atomic mass is 32.2. The number of hydrogen-bond donors (Lipinski definition) is 1. The monoisotopic (exact) mass is 420 g/mol. The van der Waals surface area contributed by atoms with Crippen LogP contribution >= 0.6 is 11.8 Å². The van der Waals surface area contributed by atoms with Crippen LogP contribution < -0.4 is 5.32 Å². The molecular formula is C22H24N6OS. The van der Waals surface area contributed by atoms with E-state index in [2.05, 4.69) is 26.2 Å². The summed E-state index contributed by atoms with van der Waals surface area (Å²) in [6.07, 6.45) is 2.27. The maximum Gasteiger partial charge on any atom is 0.235 e. The van der Waals surface area contributed by atoms with E-state index >= 15 is 0 Å². The highest BCUT2D eigenvalue weighted by Gasteiger charge is 2.28. The van der Waals surface area contributed by atoms with Crippen LogP contribution in [0.1, 0.15) is 47.1 Å². The number of rotatable bonds is 7. The lowest BCUT2D eigenvalue weighted by molar-refractivity contribution is -0.113. The molecule has 30 heavy (non-hydrogen) atoms. The number of aromatic nitrogens is 4. The number of benzene rings is 1. The zero-order chi connectivity index (χ0) is 21.3. The third-order valence-electron chi connectivity index (χ3n) is 5.46. The van der Waals surface area contributed by atoms with Crippen LogP contribution in [0.25, 0.3) is 0 Å². The Morgan fingerprint density at radius 1 is 1.23 bits per heavy atom. The molecule has 1 aliphatic rings. The minimum absolute atomic E-state index is 0.161. The van der Waals surface area contributed by atoms with E-state index in [0.717, 1.165) is 40.6 Å². The van der Waals surface area contributed by atoms with E-state index in [1.165, 1.54) is 11.8 Å². The van der Waals surface area contributed by atoms with Gasteiger partial charge in [0.25, 0.3) is 0 Å². The van der Waals surface area contributed by atoms with Crippen molar-refractivity contribution in [2.45, 2.75) is 51.4 Å². The van der Waals surface area contributed by atoms with Gasteiger partial charge in [-0.2, -0.15) is 5.26 Å². The minimum atomic E-state index is -0.161. The summed E-state index contributed by atoms with van der Waals surface area (Å²) < 4.78 is 4.12. The number of nitrogens with zero attached hydrogens (tertiary/aromatic N) is 5. The first kappa shape index (κ1) is 20.2. The Labute approximate surface area is 180 Å². The Kier molecular flexibility index (Phi) is 5.64. The molecule has 1 fully saturated rings. The molecule has 1 N–H and O–H groups in total. The van der Waals surface area contributed by atoms with Gasteiger partial charge in [0.1, 0.15) is 17.7 Å². The van der Waals surface area contributed by atoms with E-state index in [1.54, 1.807) is 0 Å². The van der Waals surface area contributed by atoms with Gasteiger partial charge in [0.05, 0.1) is 11.3 Å². The van der Waals surface area contributed by atoms with Crippen LogP contribution in [-0.4, -0.2) is 31.0 Å². The number of anilines is 1. The summed E-state index contributed by atoms with van der Waals surface area (Å²) >= 11 is 1.38. The molecule has 8 heteroatoms. The summed E-state index contributed by atoms with van der Waals surface area (Å²) in [6, 6.07) is 12.7. The van der Waals surface area contributed by atoms with Crippen molar-refractivity contribution in [2.75, 3.05) is 11.1 Å². The van der Waals surface area contributed by atoms with Gasteiger partial charge in [-0.15, -0.1) is 10.2 Å². The van der Waals surface area contributed by atoms with Gasteiger partial charge in [-0.3, -0.25) is 4.79 Å². The van der Waals surface area contributed by atoms with Crippen molar-refractivity contribution in [2.24, 2.45) is 0 Å². The summed E-state index contributed by atoms with van der Waals surface area (Å²) in [5.74, 6) is 1.49. The van der Waals surface area contributed by atoms with Crippen molar-refractivity contribution in [1.82, 2.24) is 19.3 Å². The van der Waals surface area contributed by atoms with Crippen LogP contribution in [-0.2, 0) is 11.3 Å². The van der Waals surface area contributed by atoms with Crippen LogP contribution in [0.2, 0.25) is 0 Å². The summed E-state index contributed by atoms with van der Waals surface area (Å²) in [6.45, 7) is 6.43. The Hall–Kier alpha value is -3.05. The van der Waals surface area contributed by atoms with Crippen LogP contribution in [0, 0.1) is 32.1 Å². The van der Waals surface area contributed by atoms with E-state index in [-0.39, 0.29) is 11.7 Å². The van der Waals surface area contributed by atoms with E-state index in [1.807, 2.05) is 55.7 Å². The molecule has 0 atom stereocenters. The first-order valence-electron chi connectivity index (χ1n) is 9.97. The molecule has 0 spiro atoms. The summed E-state index contributed by atoms with van der Waals surface area (Å²) in [5, 5.41) is 21.8. The van der Waals surface area contributed by atoms with Crippen molar-refractivity contribution in [3.8, 4) is 6.07 Å². The SMILES string of the molecule is Cc1c(C#N)c(NC(=O)CSc2nnc(C)n2C2CC2)n(Cc2ccccc2)c1C. The highest BCUT2D eigenvalue weighted by molar-refractivity contribution is 7.99. The van der Waals surface area contributed by atoms with Gasteiger partial charge >= 0.3 is 0 Å². The fraction of sp³-hybridized carbons (Fsp3) is 0.364. The molecule has 0 unspecified atom stereocenters. The van der Waals surface area contributed by atoms with Gasteiger partial charge in [0.15, 0.2) is 5.16 Å². The van der Waals surface area contributed by atoms with Crippen molar-refractivity contribution in [1.29, 1.82) is 5.26 Å². The minimum Gasteiger partial charge on any atom is -0.326 e. The molecule has 2 heterocycles. The quantitative estimate of drug-likeness (QED) is 0.584. The number of carbonyl (C=O) groups is 1. The Morgan fingerprint density at radius 3 is 2.63 bits per heavy atom. The van der Waals surface area contributed by atoms with Crippen LogP contribution in [0.4, 0.5) is 5.82 Å². The molecular weight excluding hydrogens is 396 g/mol. The number of nitrogens with one attached hydrogen (secondary N) is 1. The summed E-state index contributed by atoms with van der Waals surface area (Å²) in [7, 11) is 0. The number of aryl methyl sites for hydroxylation is 1. The molecule has 1 aromatic carbocycles. The lowest BCUT2D eigenvalue weighted by atomic mass is 10.2. The van der Waals surface area contributed by atoms with Crippen LogP contribution in [0.15, 0.2) is 35.5 Å². The smallest absolute Gasteiger partial charge is 0.235 e. The maximum absolute atomic E-state index is 12.8. The average Bonchev–Trinajstić information content (AvgIpc) is 3.48. The first-order valence-corrected chi connectivity index (χ1v) is 11.0. The van der Waals surface area contributed by atoms with Gasteiger partial charge < -0.3 is 14.5 Å². The topological polar surface area (TPSA) is 88.5 Å². The lowest BCUT2D eigenvalue weighted by Gasteiger charge is -2.13. The largest absolute Gasteiger partial charge is 0.326 e. The number of carbonyl (C=O) groups excluding carboxylic acids is 1. The van der Waals surface area contributed by atoms with Gasteiger partial charge in [0, 0.05) is 18.3 Å². The zero-order valence-corrected chi connectivity index (χ0v) is 18.2. The summed E-state index contributed by atoms with van der Waals surface area (Å²) in [4.78, 5) is 12.8. The molecule has 1 aliphatic carbocycles. The van der Waals surface area contributed by atoms with Crippen LogP contribution in [0.3, 0.4) is 0 Å². The third kappa shape index (κ3) is 3.98. The Morgan fingerprint density at radius 2 is 1.97 bits per heavy atom. The third-order valence-corrected chi connectivity index (χ3v) is 6.40. The second-order valence-corrected chi connectivity index (χ2v) is 8.53. The Balaban J connectivity index is 1.52. The first-order chi connectivity index (χ1) is 14.5. The van der Waals surface area contributed by atoms with Crippen molar-refractivity contribution in [3.05, 3.63) is 58.5 Å². The fourth-order valence-corrected chi connectivity index (χ4v) is 4.44. The Bertz CT molecular complexity index is 1120. The standard InChI is InChI=1S/C22H24N6OS/c1-14-15(2)27(12-17-7-5-4-6-8-17)21(19(14)11-23)24-20(29)13-30-22-26-25-16(3)28(22)18-9-10-18/h4-8,18H,9-10,12-13H2,1-3H3,(H,24,29). The average molecular weight is 421 g/mol. The number of nitriles is 1. The van der Waals surface area contributed by atoms with Gasteiger partial charge in [-0.25, -0.2) is 0 Å². The fourth-order valence-electron chi connectivity index (χ4n) is 3.59. The lowest BCUT2D eigenvalue weighted by Crippen LogP contribution is -2.19. The molecule has 154 valence electrons. The van der Waals surface area contributed by atoms with E-state index in [4.69, 9.17) is 0 Å². The molecule has 0 aliphatic heterocycles. The second kappa shape index (κ2) is 8.36. The normalized spacial score (nSPS) is 13.3. The van der Waals surface area contributed by atoms with E-state index < -0.39 is 0 Å². The molecule has 0 saturated heterocycles. The maximum atomic E-state index is 12.8. The number of hydrogen-bond acceptors (Lipinski definition) is 5. The molecule has 0 bridgehead atoms. The molecule has 1 amide bonds. The predicted molar refractivity (Wildman–Crippen MR) is 117 cm³/mol. The molecule has 3 aromatic rings. The van der Waals surface area contributed by atoms with Crippen molar-refractivity contribution < 1.29 is 4.79 Å². The zero-order valence-electron chi connectivity index (χ0n) is 17.3. The molecule has 1 saturated carbocycles. The molecule has 4 rings (SSSR count). The van der Waals surface area contributed by atoms with E-state index in [9.17, 15) is 10.1 Å². The van der Waals surface area contributed by atoms with Crippen LogP contribution in [0.5, 0.6) is 0 Å². The van der Waals surface area contributed by atoms with Gasteiger partial charge in [-0.05, 0) is 44.7 Å². The van der Waals surface area contributed by atoms with Crippen molar-refractivity contribution >= 4 is 23.5 Å². The van der Waals surface area contributed by atoms with Gasteiger partial charge in [-0.1, -0.05) is 42.1 Å².